The van der Waals surface area contributed by atoms with E-state index in [1.165, 1.54) is 6.92 Å². The van der Waals surface area contributed by atoms with E-state index >= 15 is 4.79 Å². The molecule has 10 heteroatoms. The molecule has 0 unspecified atom stereocenters. The maximum absolute atomic E-state index is 15.6. The first kappa shape index (κ1) is 38.4. The Hall–Kier alpha value is -1.85. The molecule has 5 rings (SSSR count). The van der Waals surface area contributed by atoms with Crippen molar-refractivity contribution in [3.63, 3.8) is 0 Å². The van der Waals surface area contributed by atoms with Gasteiger partial charge in [-0.05, 0) is 63.4 Å². The van der Waals surface area contributed by atoms with E-state index in [2.05, 4.69) is 54.3 Å². The van der Waals surface area contributed by atoms with Crippen molar-refractivity contribution in [3.8, 4) is 0 Å². The van der Waals surface area contributed by atoms with Gasteiger partial charge in [-0.2, -0.15) is 0 Å². The lowest BCUT2D eigenvalue weighted by Gasteiger charge is -2.62. The van der Waals surface area contributed by atoms with Crippen LogP contribution in [0.5, 0.6) is 0 Å². The van der Waals surface area contributed by atoms with Crippen LogP contribution in [0.4, 0.5) is 0 Å². The van der Waals surface area contributed by atoms with Crippen LogP contribution >= 0.6 is 11.6 Å². The molecule has 1 aromatic carbocycles. The van der Waals surface area contributed by atoms with Crippen LogP contribution in [0.3, 0.4) is 0 Å². The van der Waals surface area contributed by atoms with Crippen molar-refractivity contribution in [3.05, 3.63) is 59.2 Å². The predicted octanol–water partition coefficient (Wildman–Crippen LogP) is 8.45. The zero-order chi connectivity index (χ0) is 36.7. The SMILES string of the molecule is C=C1[C@@H](Cl)C[C@H](OC(C)(C)OC)[C@@]2(C)C(=O)[C@H](OC(C)=O)C3=C(C)[C@@H](O[Si](C)(C)C(C)(C)C)C[C@]4(O[C@@H](c5ccccc5)O[C@H]4[C@H]12)C3(C)C. The molecular formula is C39H57ClO8Si. The molecule has 3 fully saturated rings. The van der Waals surface area contributed by atoms with Crippen LogP contribution < -0.4 is 0 Å². The summed E-state index contributed by atoms with van der Waals surface area (Å²) in [7, 11) is -0.800. The number of benzene rings is 1. The fraction of sp³-hybridized carbons (Fsp3) is 0.692. The van der Waals surface area contributed by atoms with Crippen molar-refractivity contribution >= 4 is 31.7 Å². The fourth-order valence-corrected chi connectivity index (χ4v) is 10.1. The summed E-state index contributed by atoms with van der Waals surface area (Å²) in [5.74, 6) is -2.56. The molecule has 0 N–H and O–H groups in total. The number of esters is 1. The standard InChI is InChI=1S/C39H57ClO8Si/c1-22-26(40)20-28(46-37(9,10)43-12)38(11)30(22)33-39(47-34(45-33)25-18-16-15-17-19-25)21-27(48-49(13,14)35(4,5)6)23(2)29(36(39,7)8)31(32(38)42)44-24(3)41/h15-19,26-28,30-31,33-34H,1,20-21H2,2-14H3/t26-,27-,28-,30-,31+,33-,34-,38+,39+/m0/s1. The second-order valence-electron chi connectivity index (χ2n) is 17.2. The summed E-state index contributed by atoms with van der Waals surface area (Å²) in [5, 5.41) is -0.621. The Kier molecular flexibility index (Phi) is 9.93. The van der Waals surface area contributed by atoms with Crippen LogP contribution in [0.15, 0.2) is 53.6 Å². The van der Waals surface area contributed by atoms with E-state index in [4.69, 9.17) is 39.7 Å². The molecule has 272 valence electrons. The zero-order valence-electron chi connectivity index (χ0n) is 31.7. The number of Topliss-reactive ketones (excluding diaryl/α,β-unsaturated/α-hetero) is 1. The predicted molar refractivity (Wildman–Crippen MR) is 193 cm³/mol. The maximum Gasteiger partial charge on any atom is 0.303 e. The first-order valence-electron chi connectivity index (χ1n) is 17.5. The number of rotatable bonds is 7. The summed E-state index contributed by atoms with van der Waals surface area (Å²) >= 11 is 7.17. The van der Waals surface area contributed by atoms with Crippen LogP contribution in [-0.4, -0.2) is 68.4 Å². The highest BCUT2D eigenvalue weighted by Crippen LogP contribution is 2.66. The van der Waals surface area contributed by atoms with Gasteiger partial charge in [0.15, 0.2) is 32.3 Å². The lowest BCUT2D eigenvalue weighted by molar-refractivity contribution is -0.258. The molecule has 3 aliphatic carbocycles. The lowest BCUT2D eigenvalue weighted by atomic mass is 9.47. The summed E-state index contributed by atoms with van der Waals surface area (Å²) in [6.07, 6.45) is -3.08. The molecule has 8 nitrogen and oxygen atoms in total. The number of carbonyl (C=O) groups excluding carboxylic acids is 2. The lowest BCUT2D eigenvalue weighted by Crippen LogP contribution is -2.71. The number of ether oxygens (including phenoxy) is 5. The third-order valence-corrected chi connectivity index (χ3v) is 17.5. The molecular weight excluding hydrogens is 660 g/mol. The van der Waals surface area contributed by atoms with E-state index in [0.717, 1.165) is 11.1 Å². The second kappa shape index (κ2) is 12.7. The Labute approximate surface area is 299 Å². The highest BCUT2D eigenvalue weighted by molar-refractivity contribution is 6.74. The fourth-order valence-electron chi connectivity index (χ4n) is 8.51. The summed E-state index contributed by atoms with van der Waals surface area (Å²) in [6, 6.07) is 9.85. The number of hydrogen-bond donors (Lipinski definition) is 0. The average molecular weight is 717 g/mol. The second-order valence-corrected chi connectivity index (χ2v) is 22.5. The monoisotopic (exact) mass is 716 g/mol. The van der Waals surface area contributed by atoms with E-state index in [-0.39, 0.29) is 10.8 Å². The van der Waals surface area contributed by atoms with Crippen LogP contribution in [0.2, 0.25) is 18.1 Å². The first-order chi connectivity index (χ1) is 22.4. The Balaban J connectivity index is 1.85. The third kappa shape index (κ3) is 6.13. The summed E-state index contributed by atoms with van der Waals surface area (Å²) < 4.78 is 40.3. The van der Waals surface area contributed by atoms with Gasteiger partial charge in [-0.3, -0.25) is 9.59 Å². The molecule has 1 heterocycles. The van der Waals surface area contributed by atoms with Gasteiger partial charge in [0.25, 0.3) is 0 Å². The number of methoxy groups -OCH3 is 1. The van der Waals surface area contributed by atoms with E-state index in [1.807, 2.05) is 58.0 Å². The normalized spacial score (nSPS) is 36.5. The van der Waals surface area contributed by atoms with Gasteiger partial charge in [0.2, 0.25) is 0 Å². The van der Waals surface area contributed by atoms with Gasteiger partial charge in [-0.1, -0.05) is 77.1 Å². The Morgan fingerprint density at radius 1 is 1.08 bits per heavy atom. The largest absolute Gasteiger partial charge is 0.450 e. The number of ketones is 1. The van der Waals surface area contributed by atoms with Crippen molar-refractivity contribution in [2.24, 2.45) is 16.7 Å². The molecule has 2 bridgehead atoms. The van der Waals surface area contributed by atoms with E-state index < -0.39 is 78.5 Å². The molecule has 1 saturated heterocycles. The Morgan fingerprint density at radius 2 is 1.69 bits per heavy atom. The minimum absolute atomic E-state index is 0.0878. The number of alkyl halides is 1. The molecule has 1 spiro atoms. The van der Waals surface area contributed by atoms with Crippen LogP contribution in [0.1, 0.15) is 93.9 Å². The van der Waals surface area contributed by atoms with Crippen molar-refractivity contribution < 1.29 is 37.7 Å². The minimum Gasteiger partial charge on any atom is -0.450 e. The summed E-state index contributed by atoms with van der Waals surface area (Å²) in [5.41, 5.74) is -0.131. The molecule has 0 aromatic heterocycles. The van der Waals surface area contributed by atoms with Gasteiger partial charge in [-0.25, -0.2) is 0 Å². The van der Waals surface area contributed by atoms with Crippen LogP contribution in [-0.2, 0) is 37.7 Å². The van der Waals surface area contributed by atoms with Gasteiger partial charge < -0.3 is 28.1 Å². The number of carbonyl (C=O) groups is 2. The first-order valence-corrected chi connectivity index (χ1v) is 20.8. The summed E-state index contributed by atoms with van der Waals surface area (Å²) in [6.45, 7) is 28.7. The number of fused-ring (bicyclic) bond motifs is 3. The quantitative estimate of drug-likeness (QED) is 0.0914. The van der Waals surface area contributed by atoms with E-state index in [0.29, 0.717) is 24.0 Å². The topological polar surface area (TPSA) is 89.5 Å². The van der Waals surface area contributed by atoms with Crippen molar-refractivity contribution in [2.75, 3.05) is 7.11 Å². The molecule has 49 heavy (non-hydrogen) atoms. The highest BCUT2D eigenvalue weighted by atomic mass is 35.5. The molecule has 1 aliphatic heterocycles. The highest BCUT2D eigenvalue weighted by Gasteiger charge is 2.73. The van der Waals surface area contributed by atoms with Gasteiger partial charge in [-0.15, -0.1) is 11.6 Å². The number of halogens is 1. The molecule has 1 aromatic rings. The van der Waals surface area contributed by atoms with Gasteiger partial charge in [0.05, 0.1) is 29.1 Å². The van der Waals surface area contributed by atoms with Crippen molar-refractivity contribution in [1.29, 1.82) is 0 Å². The Bertz CT molecular complexity index is 1510. The molecule has 0 radical (unpaired) electrons. The van der Waals surface area contributed by atoms with Crippen LogP contribution in [0.25, 0.3) is 0 Å². The van der Waals surface area contributed by atoms with Crippen LogP contribution in [0, 0.1) is 16.7 Å². The zero-order valence-corrected chi connectivity index (χ0v) is 33.4. The van der Waals surface area contributed by atoms with Crippen molar-refractivity contribution in [2.45, 2.75) is 148 Å². The third-order valence-electron chi connectivity index (χ3n) is 12.6. The molecule has 2 saturated carbocycles. The van der Waals surface area contributed by atoms with Gasteiger partial charge in [0.1, 0.15) is 5.60 Å². The molecule has 0 amide bonds. The Morgan fingerprint density at radius 3 is 2.24 bits per heavy atom. The van der Waals surface area contributed by atoms with Gasteiger partial charge >= 0.3 is 5.97 Å². The van der Waals surface area contributed by atoms with Gasteiger partial charge in [0, 0.05) is 37.4 Å². The maximum atomic E-state index is 15.6. The molecule has 9 atom stereocenters. The van der Waals surface area contributed by atoms with Crippen molar-refractivity contribution in [1.82, 2.24) is 0 Å². The average Bonchev–Trinajstić information content (AvgIpc) is 3.37. The smallest absolute Gasteiger partial charge is 0.303 e. The minimum atomic E-state index is -2.37. The molecule has 4 aliphatic rings. The summed E-state index contributed by atoms with van der Waals surface area (Å²) in [4.78, 5) is 28.6. The number of hydrogen-bond acceptors (Lipinski definition) is 8. The van der Waals surface area contributed by atoms with E-state index in [1.54, 1.807) is 7.11 Å². The van der Waals surface area contributed by atoms with E-state index in [9.17, 15) is 4.79 Å².